The molecule has 1 N–H and O–H groups in total. The van der Waals surface area contributed by atoms with E-state index in [1.165, 1.54) is 0 Å². The third-order valence-electron chi connectivity index (χ3n) is 1.32. The van der Waals surface area contributed by atoms with E-state index in [-0.39, 0.29) is 5.91 Å². The van der Waals surface area contributed by atoms with E-state index in [1.807, 2.05) is 6.08 Å². The van der Waals surface area contributed by atoms with E-state index in [9.17, 15) is 4.79 Å². The third kappa shape index (κ3) is 0.455. The smallest absolute Gasteiger partial charge is 0.267 e. The normalized spacial score (nSPS) is 21.1. The van der Waals surface area contributed by atoms with Crippen molar-refractivity contribution in [2.45, 2.75) is 0 Å². The fraction of sp³-hybridized carbons (Fsp3) is 0. The van der Waals surface area contributed by atoms with E-state index in [4.69, 9.17) is 0 Å². The monoisotopic (exact) mass is 120 g/mol. The molecule has 1 heterocycles. The average molecular weight is 120 g/mol. The van der Waals surface area contributed by atoms with Gasteiger partial charge in [0.25, 0.3) is 5.91 Å². The highest BCUT2D eigenvalue weighted by Crippen LogP contribution is 2.11. The van der Waals surface area contributed by atoms with E-state index in [0.29, 0.717) is 5.57 Å². The minimum absolute atomic E-state index is 0.102. The van der Waals surface area contributed by atoms with Crippen LogP contribution in [0.4, 0.5) is 0 Å². The van der Waals surface area contributed by atoms with E-state index in [2.05, 4.69) is 10.5 Å². The zero-order valence-electron chi connectivity index (χ0n) is 4.59. The fourth-order valence-corrected chi connectivity index (χ4v) is 0.871. The molecule has 0 unspecified atom stereocenters. The molecule has 44 valence electrons. The predicted molar refractivity (Wildman–Crippen MR) is 32.8 cm³/mol. The summed E-state index contributed by atoms with van der Waals surface area (Å²) in [5.41, 5.74) is 3.78. The number of hydrazone groups is 1. The van der Waals surface area contributed by atoms with Gasteiger partial charge in [-0.15, -0.1) is 0 Å². The molecular weight excluding hydrogens is 116 g/mol. The number of carbonyl (C=O) groups excluding carboxylic acids is 1. The molecule has 9 heavy (non-hydrogen) atoms. The molecule has 0 aromatic carbocycles. The molecule has 1 amide bonds. The molecule has 2 aliphatic rings. The van der Waals surface area contributed by atoms with E-state index in [1.54, 1.807) is 12.2 Å². The first-order valence-electron chi connectivity index (χ1n) is 2.65. The van der Waals surface area contributed by atoms with Crippen LogP contribution in [0.15, 0.2) is 28.9 Å². The second kappa shape index (κ2) is 1.31. The molecule has 0 radical (unpaired) electrons. The summed E-state index contributed by atoms with van der Waals surface area (Å²) in [4.78, 5) is 10.7. The highest BCUT2D eigenvalue weighted by molar-refractivity contribution is 6.30. The minimum Gasteiger partial charge on any atom is -0.267 e. The number of fused-ring (bicyclic) bond motifs is 1. The summed E-state index contributed by atoms with van der Waals surface area (Å²) in [6.07, 6.45) is 5.36. The first-order valence-corrected chi connectivity index (χ1v) is 2.65. The third-order valence-corrected chi connectivity index (χ3v) is 1.32. The largest absolute Gasteiger partial charge is 0.273 e. The van der Waals surface area contributed by atoms with Crippen molar-refractivity contribution in [2.24, 2.45) is 5.10 Å². The Bertz CT molecular complexity index is 260. The first-order chi connectivity index (χ1) is 4.38. The Hall–Kier alpha value is -1.38. The van der Waals surface area contributed by atoms with Crippen LogP contribution >= 0.6 is 0 Å². The SMILES string of the molecule is O=C1NN=C2C=CC=C12. The zero-order chi connectivity index (χ0) is 6.27. The summed E-state index contributed by atoms with van der Waals surface area (Å²) < 4.78 is 0. The van der Waals surface area contributed by atoms with Gasteiger partial charge >= 0.3 is 0 Å². The lowest BCUT2D eigenvalue weighted by Gasteiger charge is -1.83. The second-order valence-electron chi connectivity index (χ2n) is 1.88. The maximum atomic E-state index is 10.7. The standard InChI is InChI=1S/C6H4N2O/c9-6-4-2-1-3-5(4)7-8-6/h1-3H,(H,8,9). The van der Waals surface area contributed by atoms with Crippen LogP contribution in [0.3, 0.4) is 0 Å². The van der Waals surface area contributed by atoms with Crippen molar-refractivity contribution in [1.29, 1.82) is 0 Å². The molecule has 0 saturated carbocycles. The van der Waals surface area contributed by atoms with Crippen LogP contribution in [0, 0.1) is 0 Å². The van der Waals surface area contributed by atoms with Gasteiger partial charge in [-0.25, -0.2) is 5.43 Å². The molecule has 3 heteroatoms. The number of rotatable bonds is 0. The minimum atomic E-state index is -0.102. The van der Waals surface area contributed by atoms with Gasteiger partial charge in [0.15, 0.2) is 0 Å². The quantitative estimate of drug-likeness (QED) is 0.479. The topological polar surface area (TPSA) is 41.5 Å². The molecule has 0 aromatic rings. The molecule has 0 aromatic heterocycles. The number of allylic oxidation sites excluding steroid dienone is 3. The molecule has 0 fully saturated rings. The van der Waals surface area contributed by atoms with Crippen LogP contribution in [0.5, 0.6) is 0 Å². The Kier molecular flexibility index (Phi) is 0.656. The second-order valence-corrected chi connectivity index (χ2v) is 1.88. The lowest BCUT2D eigenvalue weighted by Crippen LogP contribution is -2.11. The van der Waals surface area contributed by atoms with Crippen molar-refractivity contribution in [3.05, 3.63) is 23.8 Å². The highest BCUT2D eigenvalue weighted by atomic mass is 16.2. The summed E-state index contributed by atoms with van der Waals surface area (Å²) in [5, 5.41) is 3.74. The Morgan fingerprint density at radius 1 is 1.56 bits per heavy atom. The molecule has 0 spiro atoms. The van der Waals surface area contributed by atoms with E-state index in [0.717, 1.165) is 5.71 Å². The van der Waals surface area contributed by atoms with Crippen molar-refractivity contribution in [3.8, 4) is 0 Å². The summed E-state index contributed by atoms with van der Waals surface area (Å²) in [7, 11) is 0. The van der Waals surface area contributed by atoms with Gasteiger partial charge in [0.05, 0.1) is 11.3 Å². The lowest BCUT2D eigenvalue weighted by molar-refractivity contribution is -0.116. The van der Waals surface area contributed by atoms with Crippen LogP contribution in [0.1, 0.15) is 0 Å². The maximum Gasteiger partial charge on any atom is 0.273 e. The Morgan fingerprint density at radius 2 is 2.44 bits per heavy atom. The van der Waals surface area contributed by atoms with Gasteiger partial charge in [-0.1, -0.05) is 6.08 Å². The predicted octanol–water partition coefficient (Wildman–Crippen LogP) is -0.0316. The molecule has 3 nitrogen and oxygen atoms in total. The van der Waals surface area contributed by atoms with E-state index >= 15 is 0 Å². The summed E-state index contributed by atoms with van der Waals surface area (Å²) in [6, 6.07) is 0. The summed E-state index contributed by atoms with van der Waals surface area (Å²) in [5.74, 6) is -0.102. The number of nitrogens with zero attached hydrogens (tertiary/aromatic N) is 1. The van der Waals surface area contributed by atoms with Crippen molar-refractivity contribution >= 4 is 11.6 Å². The first kappa shape index (κ1) is 4.49. The van der Waals surface area contributed by atoms with Gasteiger partial charge in [-0.3, -0.25) is 4.79 Å². The van der Waals surface area contributed by atoms with Crippen LogP contribution in [0.25, 0.3) is 0 Å². The average Bonchev–Trinajstić information content (AvgIpc) is 2.35. The van der Waals surface area contributed by atoms with Gasteiger partial charge in [0.2, 0.25) is 0 Å². The van der Waals surface area contributed by atoms with Crippen molar-refractivity contribution < 1.29 is 4.79 Å². The van der Waals surface area contributed by atoms with Crippen molar-refractivity contribution in [2.75, 3.05) is 0 Å². The zero-order valence-corrected chi connectivity index (χ0v) is 4.59. The Morgan fingerprint density at radius 3 is 3.22 bits per heavy atom. The molecule has 1 aliphatic heterocycles. The Labute approximate surface area is 51.7 Å². The van der Waals surface area contributed by atoms with Crippen molar-refractivity contribution in [3.63, 3.8) is 0 Å². The number of hydrogen-bond donors (Lipinski definition) is 1. The highest BCUT2D eigenvalue weighted by Gasteiger charge is 2.21. The molecule has 0 saturated heterocycles. The number of carbonyl (C=O) groups is 1. The summed E-state index contributed by atoms with van der Waals surface area (Å²) in [6.45, 7) is 0. The number of hydrogen-bond acceptors (Lipinski definition) is 2. The van der Waals surface area contributed by atoms with Gasteiger partial charge in [0.1, 0.15) is 0 Å². The van der Waals surface area contributed by atoms with Crippen LogP contribution in [-0.2, 0) is 4.79 Å². The molecular formula is C6H4N2O. The van der Waals surface area contributed by atoms with Gasteiger partial charge in [-0.05, 0) is 12.2 Å². The van der Waals surface area contributed by atoms with Gasteiger partial charge in [0, 0.05) is 0 Å². The van der Waals surface area contributed by atoms with Gasteiger partial charge in [-0.2, -0.15) is 5.10 Å². The van der Waals surface area contributed by atoms with Gasteiger partial charge < -0.3 is 0 Å². The molecule has 0 atom stereocenters. The Balaban J connectivity index is 2.53. The van der Waals surface area contributed by atoms with Crippen LogP contribution < -0.4 is 5.43 Å². The molecule has 1 aliphatic carbocycles. The maximum absolute atomic E-state index is 10.7. The number of nitrogens with one attached hydrogen (secondary N) is 1. The lowest BCUT2D eigenvalue weighted by atomic mass is 10.2. The fourth-order valence-electron chi connectivity index (χ4n) is 0.871. The summed E-state index contributed by atoms with van der Waals surface area (Å²) >= 11 is 0. The molecule has 0 bridgehead atoms. The van der Waals surface area contributed by atoms with Crippen molar-refractivity contribution in [1.82, 2.24) is 5.43 Å². The molecule has 2 rings (SSSR count). The van der Waals surface area contributed by atoms with Crippen LogP contribution in [-0.4, -0.2) is 11.6 Å². The van der Waals surface area contributed by atoms with Crippen LogP contribution in [0.2, 0.25) is 0 Å². The van der Waals surface area contributed by atoms with E-state index < -0.39 is 0 Å². The number of amides is 1.